The maximum absolute atomic E-state index is 11.9. The number of carbonyl (C=O) groups is 2. The van der Waals surface area contributed by atoms with E-state index < -0.39 is 5.97 Å². The Labute approximate surface area is 126 Å². The van der Waals surface area contributed by atoms with Crippen LogP contribution in [0.25, 0.3) is 0 Å². The number of carbonyl (C=O) groups excluding carboxylic acids is 1. The lowest BCUT2D eigenvalue weighted by molar-refractivity contribution is -0.137. The van der Waals surface area contributed by atoms with E-state index in [1.165, 1.54) is 11.3 Å². The Kier molecular flexibility index (Phi) is 5.57. The van der Waals surface area contributed by atoms with Gasteiger partial charge in [0.1, 0.15) is 5.76 Å². The Hall–Kier alpha value is -2.08. The molecule has 1 unspecified atom stereocenters. The highest BCUT2D eigenvalue weighted by Crippen LogP contribution is 2.27. The molecule has 0 fully saturated rings. The molecule has 5 nitrogen and oxygen atoms in total. The molecule has 2 aromatic rings. The number of hydrogen-bond acceptors (Lipinski definition) is 4. The van der Waals surface area contributed by atoms with Crippen LogP contribution in [0.1, 0.15) is 29.4 Å². The molecule has 0 saturated carbocycles. The molecule has 2 rings (SSSR count). The van der Waals surface area contributed by atoms with Crippen molar-refractivity contribution in [3.8, 4) is 0 Å². The third-order valence-corrected chi connectivity index (χ3v) is 4.11. The summed E-state index contributed by atoms with van der Waals surface area (Å²) in [6.07, 6.45) is 2.37. The molecule has 112 valence electrons. The molecule has 1 atom stereocenters. The Bertz CT molecular complexity index is 563. The molecule has 0 spiro atoms. The third kappa shape index (κ3) is 5.07. The molecule has 0 aromatic carbocycles. The molecule has 21 heavy (non-hydrogen) atoms. The molecule has 2 N–H and O–H groups in total. The van der Waals surface area contributed by atoms with Crippen molar-refractivity contribution in [1.29, 1.82) is 0 Å². The third-order valence-electron chi connectivity index (χ3n) is 3.07. The fourth-order valence-electron chi connectivity index (χ4n) is 2.08. The zero-order valence-electron chi connectivity index (χ0n) is 11.5. The molecule has 0 aliphatic rings. The molecule has 1 amide bonds. The van der Waals surface area contributed by atoms with Gasteiger partial charge in [0.2, 0.25) is 5.91 Å². The van der Waals surface area contributed by atoms with Crippen LogP contribution in [0.15, 0.2) is 40.3 Å². The monoisotopic (exact) mass is 307 g/mol. The number of nitrogens with one attached hydrogen (secondary N) is 1. The second-order valence-corrected chi connectivity index (χ2v) is 5.67. The second-order valence-electron chi connectivity index (χ2n) is 4.69. The van der Waals surface area contributed by atoms with E-state index in [0.717, 1.165) is 10.6 Å². The van der Waals surface area contributed by atoms with Gasteiger partial charge in [0, 0.05) is 30.2 Å². The standard InChI is InChI=1S/C15H17NO4S/c17-14(16-6-5-12-3-1-7-20-12)9-11(10-15(18)19)13-4-2-8-21-13/h1-4,7-8,11H,5-6,9-10H2,(H,16,17)(H,18,19). The van der Waals surface area contributed by atoms with Crippen molar-refractivity contribution in [2.45, 2.75) is 25.2 Å². The summed E-state index contributed by atoms with van der Waals surface area (Å²) in [7, 11) is 0. The van der Waals surface area contributed by atoms with Crippen molar-refractivity contribution in [3.05, 3.63) is 46.5 Å². The first-order valence-electron chi connectivity index (χ1n) is 6.69. The van der Waals surface area contributed by atoms with Crippen LogP contribution in [0.4, 0.5) is 0 Å². The average molecular weight is 307 g/mol. The fourth-order valence-corrected chi connectivity index (χ4v) is 2.91. The Morgan fingerprint density at radius 2 is 2.14 bits per heavy atom. The van der Waals surface area contributed by atoms with Gasteiger partial charge in [-0.25, -0.2) is 0 Å². The predicted octanol–water partition coefficient (Wildman–Crippen LogP) is 2.65. The summed E-state index contributed by atoms with van der Waals surface area (Å²) < 4.78 is 5.18. The molecular weight excluding hydrogens is 290 g/mol. The SMILES string of the molecule is O=C(O)CC(CC(=O)NCCc1ccco1)c1cccs1. The second kappa shape index (κ2) is 7.64. The van der Waals surface area contributed by atoms with E-state index in [-0.39, 0.29) is 24.7 Å². The van der Waals surface area contributed by atoms with Crippen LogP contribution in [-0.4, -0.2) is 23.5 Å². The van der Waals surface area contributed by atoms with Crippen molar-refractivity contribution in [1.82, 2.24) is 5.32 Å². The van der Waals surface area contributed by atoms with Gasteiger partial charge in [-0.05, 0) is 23.6 Å². The summed E-state index contributed by atoms with van der Waals surface area (Å²) in [4.78, 5) is 23.8. The van der Waals surface area contributed by atoms with Gasteiger partial charge in [0.05, 0.1) is 12.7 Å². The maximum Gasteiger partial charge on any atom is 0.304 e. The summed E-state index contributed by atoms with van der Waals surface area (Å²) in [5, 5.41) is 13.6. The lowest BCUT2D eigenvalue weighted by Crippen LogP contribution is -2.27. The summed E-state index contributed by atoms with van der Waals surface area (Å²) in [5.41, 5.74) is 0. The predicted molar refractivity (Wildman–Crippen MR) is 79.4 cm³/mol. The number of thiophene rings is 1. The summed E-state index contributed by atoms with van der Waals surface area (Å²) in [6, 6.07) is 7.39. The lowest BCUT2D eigenvalue weighted by Gasteiger charge is -2.13. The van der Waals surface area contributed by atoms with Gasteiger partial charge in [-0.2, -0.15) is 0 Å². The van der Waals surface area contributed by atoms with E-state index in [1.54, 1.807) is 12.3 Å². The highest BCUT2D eigenvalue weighted by Gasteiger charge is 2.20. The van der Waals surface area contributed by atoms with Crippen LogP contribution < -0.4 is 5.32 Å². The molecule has 0 radical (unpaired) electrons. The molecule has 0 aliphatic heterocycles. The maximum atomic E-state index is 11.9. The summed E-state index contributed by atoms with van der Waals surface area (Å²) in [5.74, 6) is -0.486. The molecule has 2 aromatic heterocycles. The summed E-state index contributed by atoms with van der Waals surface area (Å²) >= 11 is 1.48. The molecule has 0 saturated heterocycles. The number of furan rings is 1. The molecule has 6 heteroatoms. The van der Waals surface area contributed by atoms with E-state index in [1.807, 2.05) is 23.6 Å². The fraction of sp³-hybridized carbons (Fsp3) is 0.333. The molecular formula is C15H17NO4S. The van der Waals surface area contributed by atoms with Crippen molar-refractivity contribution in [3.63, 3.8) is 0 Å². The first kappa shape index (κ1) is 15.3. The Morgan fingerprint density at radius 1 is 1.29 bits per heavy atom. The van der Waals surface area contributed by atoms with Gasteiger partial charge in [0.15, 0.2) is 0 Å². The van der Waals surface area contributed by atoms with Gasteiger partial charge in [0.25, 0.3) is 0 Å². The number of carboxylic acid groups (broad SMARTS) is 1. The Morgan fingerprint density at radius 3 is 2.76 bits per heavy atom. The van der Waals surface area contributed by atoms with Crippen molar-refractivity contribution in [2.24, 2.45) is 0 Å². The normalized spacial score (nSPS) is 12.0. The minimum atomic E-state index is -0.892. The topological polar surface area (TPSA) is 79.5 Å². The van der Waals surface area contributed by atoms with Crippen LogP contribution in [-0.2, 0) is 16.0 Å². The minimum Gasteiger partial charge on any atom is -0.481 e. The van der Waals surface area contributed by atoms with Gasteiger partial charge in [-0.3, -0.25) is 9.59 Å². The van der Waals surface area contributed by atoms with Crippen LogP contribution in [0.5, 0.6) is 0 Å². The van der Waals surface area contributed by atoms with E-state index in [2.05, 4.69) is 5.32 Å². The van der Waals surface area contributed by atoms with Crippen molar-refractivity contribution < 1.29 is 19.1 Å². The summed E-state index contributed by atoms with van der Waals surface area (Å²) in [6.45, 7) is 0.483. The number of aliphatic carboxylic acids is 1. The zero-order chi connectivity index (χ0) is 15.1. The van der Waals surface area contributed by atoms with Crippen LogP contribution >= 0.6 is 11.3 Å². The van der Waals surface area contributed by atoms with E-state index in [4.69, 9.17) is 9.52 Å². The zero-order valence-corrected chi connectivity index (χ0v) is 12.3. The number of hydrogen-bond donors (Lipinski definition) is 2. The molecule has 0 aliphatic carbocycles. The minimum absolute atomic E-state index is 0.0356. The van der Waals surface area contributed by atoms with E-state index >= 15 is 0 Å². The first-order valence-corrected chi connectivity index (χ1v) is 7.57. The Balaban J connectivity index is 1.81. The average Bonchev–Trinajstić information content (AvgIpc) is 3.10. The van der Waals surface area contributed by atoms with Crippen molar-refractivity contribution in [2.75, 3.05) is 6.54 Å². The highest BCUT2D eigenvalue weighted by atomic mass is 32.1. The van der Waals surface area contributed by atoms with Gasteiger partial charge < -0.3 is 14.8 Å². The highest BCUT2D eigenvalue weighted by molar-refractivity contribution is 7.10. The van der Waals surface area contributed by atoms with Gasteiger partial charge >= 0.3 is 5.97 Å². The van der Waals surface area contributed by atoms with Crippen LogP contribution in [0.2, 0.25) is 0 Å². The number of amides is 1. The van der Waals surface area contributed by atoms with Crippen molar-refractivity contribution >= 4 is 23.2 Å². The van der Waals surface area contributed by atoms with E-state index in [9.17, 15) is 9.59 Å². The molecule has 2 heterocycles. The smallest absolute Gasteiger partial charge is 0.304 e. The quantitative estimate of drug-likeness (QED) is 0.785. The lowest BCUT2D eigenvalue weighted by atomic mass is 9.99. The first-order chi connectivity index (χ1) is 10.1. The van der Waals surface area contributed by atoms with Crippen LogP contribution in [0.3, 0.4) is 0 Å². The number of rotatable bonds is 8. The molecule has 0 bridgehead atoms. The number of carboxylic acids is 1. The van der Waals surface area contributed by atoms with E-state index in [0.29, 0.717) is 13.0 Å². The largest absolute Gasteiger partial charge is 0.481 e. The van der Waals surface area contributed by atoms with Gasteiger partial charge in [-0.1, -0.05) is 6.07 Å². The van der Waals surface area contributed by atoms with Gasteiger partial charge in [-0.15, -0.1) is 11.3 Å². The van der Waals surface area contributed by atoms with Crippen LogP contribution in [0, 0.1) is 0 Å².